The molecule has 0 amide bonds. The number of ether oxygens (including phenoxy) is 2. The Morgan fingerprint density at radius 2 is 2.15 bits per heavy atom. The lowest BCUT2D eigenvalue weighted by molar-refractivity contribution is -0.0291. The van der Waals surface area contributed by atoms with Crippen molar-refractivity contribution in [1.82, 2.24) is 0 Å². The molecule has 13 heavy (non-hydrogen) atoms. The first-order valence-electron chi connectivity index (χ1n) is 4.64. The molecule has 0 aliphatic heterocycles. The molecule has 0 aromatic heterocycles. The highest BCUT2D eigenvalue weighted by molar-refractivity contribution is 4.98. The fourth-order valence-corrected chi connectivity index (χ4v) is 0.925. The van der Waals surface area contributed by atoms with Gasteiger partial charge in [-0.2, -0.15) is 0 Å². The predicted octanol–water partition coefficient (Wildman–Crippen LogP) is 2.91. The average Bonchev–Trinajstić information content (AvgIpc) is 2.13. The maximum atomic E-state index is 5.18. The van der Waals surface area contributed by atoms with Crippen molar-refractivity contribution in [1.29, 1.82) is 0 Å². The molecule has 0 aromatic carbocycles. The summed E-state index contributed by atoms with van der Waals surface area (Å²) < 4.78 is 9.94. The molecule has 0 aliphatic carbocycles. The van der Waals surface area contributed by atoms with Gasteiger partial charge in [0.15, 0.2) is 0 Å². The van der Waals surface area contributed by atoms with E-state index in [0.717, 1.165) is 25.9 Å². The van der Waals surface area contributed by atoms with Gasteiger partial charge in [-0.15, -0.1) is 6.58 Å². The van der Waals surface area contributed by atoms with Crippen molar-refractivity contribution in [3.8, 4) is 0 Å². The van der Waals surface area contributed by atoms with E-state index in [1.54, 1.807) is 7.11 Å². The molecule has 2 heteroatoms. The van der Waals surface area contributed by atoms with Crippen molar-refractivity contribution < 1.29 is 9.47 Å². The van der Waals surface area contributed by atoms with Crippen LogP contribution in [0.1, 0.15) is 26.2 Å². The molecule has 0 N–H and O–H groups in total. The first-order chi connectivity index (χ1) is 6.31. The molecule has 0 saturated carbocycles. The smallest absolute Gasteiger partial charge is 0.146 e. The molecule has 0 spiro atoms. The van der Waals surface area contributed by atoms with Crippen LogP contribution in [0.15, 0.2) is 24.3 Å². The summed E-state index contributed by atoms with van der Waals surface area (Å²) in [6, 6.07) is 0. The van der Waals surface area contributed by atoms with Crippen LogP contribution in [0.2, 0.25) is 0 Å². The SMILES string of the molecule is C=CCC/C=C(\C)CCOCOC. The molecule has 0 fully saturated rings. The zero-order valence-corrected chi connectivity index (χ0v) is 8.71. The Balaban J connectivity index is 3.32. The Bertz CT molecular complexity index is 150. The molecule has 0 aromatic rings. The molecule has 0 unspecified atom stereocenters. The van der Waals surface area contributed by atoms with Gasteiger partial charge in [-0.25, -0.2) is 0 Å². The van der Waals surface area contributed by atoms with Gasteiger partial charge in [-0.05, 0) is 26.2 Å². The number of allylic oxidation sites excluding steroid dienone is 2. The van der Waals surface area contributed by atoms with Crippen molar-refractivity contribution >= 4 is 0 Å². The minimum Gasteiger partial charge on any atom is -0.359 e. The van der Waals surface area contributed by atoms with Crippen LogP contribution in [-0.2, 0) is 9.47 Å². The Hall–Kier alpha value is -0.600. The van der Waals surface area contributed by atoms with E-state index in [-0.39, 0.29) is 0 Å². The Morgan fingerprint density at radius 1 is 1.38 bits per heavy atom. The third kappa shape index (κ3) is 9.31. The minimum absolute atomic E-state index is 0.389. The quantitative estimate of drug-likeness (QED) is 0.328. The molecule has 0 heterocycles. The summed E-state index contributed by atoms with van der Waals surface area (Å²) >= 11 is 0. The highest BCUT2D eigenvalue weighted by Crippen LogP contribution is 2.03. The second kappa shape index (κ2) is 9.49. The zero-order valence-electron chi connectivity index (χ0n) is 8.71. The fraction of sp³-hybridized carbons (Fsp3) is 0.636. The van der Waals surface area contributed by atoms with E-state index in [1.165, 1.54) is 5.57 Å². The molecule has 0 bridgehead atoms. The molecule has 0 atom stereocenters. The summed E-state index contributed by atoms with van der Waals surface area (Å²) in [5.74, 6) is 0. The third-order valence-corrected chi connectivity index (χ3v) is 1.71. The number of hydrogen-bond acceptors (Lipinski definition) is 2. The first kappa shape index (κ1) is 12.4. The van der Waals surface area contributed by atoms with Crippen molar-refractivity contribution in [3.63, 3.8) is 0 Å². The van der Waals surface area contributed by atoms with E-state index in [0.29, 0.717) is 6.79 Å². The van der Waals surface area contributed by atoms with Crippen molar-refractivity contribution in [3.05, 3.63) is 24.3 Å². The fourth-order valence-electron chi connectivity index (χ4n) is 0.925. The Labute approximate surface area is 81.2 Å². The van der Waals surface area contributed by atoms with Crippen molar-refractivity contribution in [2.45, 2.75) is 26.2 Å². The van der Waals surface area contributed by atoms with Gasteiger partial charge in [0.1, 0.15) is 6.79 Å². The molecule has 0 aliphatic rings. The van der Waals surface area contributed by atoms with E-state index in [9.17, 15) is 0 Å². The molecule has 76 valence electrons. The van der Waals surface area contributed by atoms with E-state index < -0.39 is 0 Å². The largest absolute Gasteiger partial charge is 0.359 e. The van der Waals surface area contributed by atoms with Gasteiger partial charge in [0, 0.05) is 7.11 Å². The van der Waals surface area contributed by atoms with Crippen LogP contribution in [0.4, 0.5) is 0 Å². The first-order valence-corrected chi connectivity index (χ1v) is 4.64. The molecule has 0 saturated heterocycles. The standard InChI is InChI=1S/C11H20O2/c1-4-5-6-7-11(2)8-9-13-10-12-3/h4,7H,1,5-6,8-10H2,2-3H3/b11-7+. The highest BCUT2D eigenvalue weighted by Gasteiger charge is 1.90. The van der Waals surface area contributed by atoms with Gasteiger partial charge in [-0.1, -0.05) is 17.7 Å². The maximum Gasteiger partial charge on any atom is 0.146 e. The van der Waals surface area contributed by atoms with Crippen LogP contribution in [0, 0.1) is 0 Å². The number of unbranched alkanes of at least 4 members (excludes halogenated alkanes) is 1. The van der Waals surface area contributed by atoms with Gasteiger partial charge in [0.25, 0.3) is 0 Å². The summed E-state index contributed by atoms with van der Waals surface area (Å²) in [6.07, 6.45) is 7.29. The van der Waals surface area contributed by atoms with Crippen LogP contribution in [0.5, 0.6) is 0 Å². The van der Waals surface area contributed by atoms with Gasteiger partial charge in [0.2, 0.25) is 0 Å². The van der Waals surface area contributed by atoms with E-state index in [2.05, 4.69) is 19.6 Å². The van der Waals surface area contributed by atoms with E-state index in [1.807, 2.05) is 6.08 Å². The third-order valence-electron chi connectivity index (χ3n) is 1.71. The van der Waals surface area contributed by atoms with Crippen LogP contribution in [0.25, 0.3) is 0 Å². The second-order valence-corrected chi connectivity index (χ2v) is 2.98. The summed E-state index contributed by atoms with van der Waals surface area (Å²) in [4.78, 5) is 0. The number of hydrogen-bond donors (Lipinski definition) is 0. The number of methoxy groups -OCH3 is 1. The highest BCUT2D eigenvalue weighted by atomic mass is 16.7. The second-order valence-electron chi connectivity index (χ2n) is 2.98. The van der Waals surface area contributed by atoms with Crippen LogP contribution in [0.3, 0.4) is 0 Å². The Morgan fingerprint density at radius 3 is 2.77 bits per heavy atom. The lowest BCUT2D eigenvalue weighted by atomic mass is 10.1. The maximum absolute atomic E-state index is 5.18. The summed E-state index contributed by atoms with van der Waals surface area (Å²) in [5, 5.41) is 0. The predicted molar refractivity (Wildman–Crippen MR) is 55.6 cm³/mol. The monoisotopic (exact) mass is 184 g/mol. The Kier molecular flexibility index (Phi) is 9.05. The normalized spacial score (nSPS) is 11.7. The summed E-state index contributed by atoms with van der Waals surface area (Å²) in [6.45, 7) is 6.93. The molecule has 2 nitrogen and oxygen atoms in total. The molecular formula is C11H20O2. The molecule has 0 rings (SSSR count). The summed E-state index contributed by atoms with van der Waals surface area (Å²) in [7, 11) is 1.63. The lowest BCUT2D eigenvalue weighted by Gasteiger charge is -2.02. The molecular weight excluding hydrogens is 164 g/mol. The van der Waals surface area contributed by atoms with E-state index >= 15 is 0 Å². The molecule has 0 radical (unpaired) electrons. The van der Waals surface area contributed by atoms with Crippen LogP contribution >= 0.6 is 0 Å². The average molecular weight is 184 g/mol. The van der Waals surface area contributed by atoms with Crippen molar-refractivity contribution in [2.75, 3.05) is 20.5 Å². The van der Waals surface area contributed by atoms with Gasteiger partial charge >= 0.3 is 0 Å². The van der Waals surface area contributed by atoms with Gasteiger partial charge < -0.3 is 9.47 Å². The van der Waals surface area contributed by atoms with Crippen LogP contribution in [-0.4, -0.2) is 20.5 Å². The zero-order chi connectivity index (χ0) is 9.94. The summed E-state index contributed by atoms with van der Waals surface area (Å²) in [5.41, 5.74) is 1.37. The topological polar surface area (TPSA) is 18.5 Å². The van der Waals surface area contributed by atoms with Crippen molar-refractivity contribution in [2.24, 2.45) is 0 Å². The number of rotatable bonds is 8. The van der Waals surface area contributed by atoms with Crippen LogP contribution < -0.4 is 0 Å². The minimum atomic E-state index is 0.389. The lowest BCUT2D eigenvalue weighted by Crippen LogP contribution is -1.98. The van der Waals surface area contributed by atoms with Gasteiger partial charge in [0.05, 0.1) is 6.61 Å². The van der Waals surface area contributed by atoms with E-state index in [4.69, 9.17) is 9.47 Å². The van der Waals surface area contributed by atoms with Gasteiger partial charge in [-0.3, -0.25) is 0 Å².